The Morgan fingerprint density at radius 2 is 1.59 bits per heavy atom. The van der Waals surface area contributed by atoms with Crippen molar-refractivity contribution in [2.75, 3.05) is 0 Å². The molecule has 1 aromatic heterocycles. The molecule has 0 atom stereocenters. The Kier molecular flexibility index (Phi) is 5.13. The molecule has 3 aromatic carbocycles. The second-order valence-electron chi connectivity index (χ2n) is 6.50. The van der Waals surface area contributed by atoms with Crippen molar-refractivity contribution < 1.29 is 13.2 Å². The molecule has 0 radical (unpaired) electrons. The largest absolute Gasteiger partial charge is 0.349 e. The average molecular weight is 425 g/mol. The Morgan fingerprint density at radius 1 is 0.931 bits per heavy atom. The quantitative estimate of drug-likeness (QED) is 0.492. The van der Waals surface area contributed by atoms with Crippen LogP contribution >= 0.6 is 11.6 Å². The van der Waals surface area contributed by atoms with Crippen molar-refractivity contribution >= 4 is 38.2 Å². The highest BCUT2D eigenvalue weighted by molar-refractivity contribution is 7.91. The SMILES string of the molecule is O=C(NCc1ccccc1)c1[nH]c2ccc(Cl)cc2c1S(=O)(=O)c1ccccc1. The molecule has 0 saturated carbocycles. The van der Waals surface area contributed by atoms with Crippen LogP contribution in [-0.2, 0) is 16.4 Å². The highest BCUT2D eigenvalue weighted by atomic mass is 35.5. The van der Waals surface area contributed by atoms with Crippen LogP contribution in [0.5, 0.6) is 0 Å². The lowest BCUT2D eigenvalue weighted by molar-refractivity contribution is 0.0943. The number of amides is 1. The van der Waals surface area contributed by atoms with Gasteiger partial charge in [0.2, 0.25) is 9.84 Å². The Hall–Kier alpha value is -3.09. The van der Waals surface area contributed by atoms with Gasteiger partial charge in [0.05, 0.1) is 4.90 Å². The van der Waals surface area contributed by atoms with E-state index >= 15 is 0 Å². The first-order chi connectivity index (χ1) is 14.0. The van der Waals surface area contributed by atoms with Gasteiger partial charge in [-0.05, 0) is 35.9 Å². The second kappa shape index (κ2) is 7.73. The lowest BCUT2D eigenvalue weighted by Gasteiger charge is -2.08. The third-order valence-electron chi connectivity index (χ3n) is 4.56. The Bertz CT molecular complexity index is 1280. The maximum Gasteiger partial charge on any atom is 0.269 e. The number of nitrogens with one attached hydrogen (secondary N) is 2. The van der Waals surface area contributed by atoms with Gasteiger partial charge in [-0.3, -0.25) is 4.79 Å². The molecule has 4 aromatic rings. The molecule has 0 fully saturated rings. The van der Waals surface area contributed by atoms with Crippen molar-refractivity contribution in [1.82, 2.24) is 10.3 Å². The monoisotopic (exact) mass is 424 g/mol. The molecule has 29 heavy (non-hydrogen) atoms. The van der Waals surface area contributed by atoms with E-state index in [0.29, 0.717) is 15.9 Å². The van der Waals surface area contributed by atoms with E-state index in [1.807, 2.05) is 30.3 Å². The standard InChI is InChI=1S/C22H17ClN2O3S/c23-16-11-12-19-18(13-16)21(29(27,28)17-9-5-2-6-10-17)20(25-19)22(26)24-14-15-7-3-1-4-8-15/h1-13,25H,14H2,(H,24,26). The van der Waals surface area contributed by atoms with Gasteiger partial charge in [-0.1, -0.05) is 60.1 Å². The maximum atomic E-state index is 13.4. The minimum Gasteiger partial charge on any atom is -0.349 e. The molecular weight excluding hydrogens is 408 g/mol. The molecule has 0 unspecified atom stereocenters. The average Bonchev–Trinajstić information content (AvgIpc) is 3.13. The van der Waals surface area contributed by atoms with Crippen LogP contribution in [0.1, 0.15) is 16.1 Å². The van der Waals surface area contributed by atoms with Crippen molar-refractivity contribution in [2.24, 2.45) is 0 Å². The van der Waals surface area contributed by atoms with Crippen LogP contribution in [0.4, 0.5) is 0 Å². The van der Waals surface area contributed by atoms with Crippen LogP contribution in [0.2, 0.25) is 5.02 Å². The van der Waals surface area contributed by atoms with Gasteiger partial charge in [-0.25, -0.2) is 8.42 Å². The van der Waals surface area contributed by atoms with Gasteiger partial charge >= 0.3 is 0 Å². The van der Waals surface area contributed by atoms with Gasteiger partial charge in [-0.2, -0.15) is 0 Å². The van der Waals surface area contributed by atoms with E-state index < -0.39 is 15.7 Å². The van der Waals surface area contributed by atoms with Gasteiger partial charge in [-0.15, -0.1) is 0 Å². The highest BCUT2D eigenvalue weighted by Gasteiger charge is 2.29. The van der Waals surface area contributed by atoms with Crippen molar-refractivity contribution in [1.29, 1.82) is 0 Å². The van der Waals surface area contributed by atoms with E-state index in [0.717, 1.165) is 5.56 Å². The Balaban J connectivity index is 1.82. The first-order valence-electron chi connectivity index (χ1n) is 8.90. The molecule has 0 spiro atoms. The third kappa shape index (κ3) is 3.77. The predicted octanol–water partition coefficient (Wildman–Crippen LogP) is 4.58. The van der Waals surface area contributed by atoms with Gasteiger partial charge in [0, 0.05) is 22.5 Å². The topological polar surface area (TPSA) is 79.0 Å². The molecule has 0 aliphatic heterocycles. The maximum absolute atomic E-state index is 13.4. The fourth-order valence-electron chi connectivity index (χ4n) is 3.16. The van der Waals surface area contributed by atoms with Crippen LogP contribution < -0.4 is 5.32 Å². The molecule has 1 amide bonds. The first kappa shape index (κ1) is 19.2. The molecular formula is C22H17ClN2O3S. The fraction of sp³-hybridized carbons (Fsp3) is 0.0455. The number of fused-ring (bicyclic) bond motifs is 1. The van der Waals surface area contributed by atoms with Gasteiger partial charge in [0.15, 0.2) is 0 Å². The van der Waals surface area contributed by atoms with Crippen LogP contribution in [0.25, 0.3) is 10.9 Å². The molecule has 1 heterocycles. The zero-order valence-electron chi connectivity index (χ0n) is 15.2. The third-order valence-corrected chi connectivity index (χ3v) is 6.65. The predicted molar refractivity (Wildman–Crippen MR) is 113 cm³/mol. The number of hydrogen-bond acceptors (Lipinski definition) is 3. The van der Waals surface area contributed by atoms with Crippen LogP contribution in [0.15, 0.2) is 88.7 Å². The molecule has 0 aliphatic rings. The van der Waals surface area contributed by atoms with Crippen LogP contribution in [-0.4, -0.2) is 19.3 Å². The lowest BCUT2D eigenvalue weighted by atomic mass is 10.2. The Labute approximate surface area is 173 Å². The zero-order chi connectivity index (χ0) is 20.4. The number of aromatic amines is 1. The van der Waals surface area contributed by atoms with E-state index in [9.17, 15) is 13.2 Å². The molecule has 0 aliphatic carbocycles. The van der Waals surface area contributed by atoms with Crippen molar-refractivity contribution in [2.45, 2.75) is 16.3 Å². The highest BCUT2D eigenvalue weighted by Crippen LogP contribution is 2.33. The summed E-state index contributed by atoms with van der Waals surface area (Å²) in [5.41, 5.74) is 1.42. The molecule has 2 N–H and O–H groups in total. The summed E-state index contributed by atoms with van der Waals surface area (Å²) in [6, 6.07) is 22.3. The number of halogens is 1. The Morgan fingerprint density at radius 3 is 2.28 bits per heavy atom. The smallest absolute Gasteiger partial charge is 0.269 e. The summed E-state index contributed by atoms with van der Waals surface area (Å²) in [5.74, 6) is -0.504. The molecule has 0 saturated heterocycles. The number of benzene rings is 3. The molecule has 5 nitrogen and oxygen atoms in total. The summed E-state index contributed by atoms with van der Waals surface area (Å²) in [7, 11) is -3.95. The molecule has 146 valence electrons. The summed E-state index contributed by atoms with van der Waals surface area (Å²) >= 11 is 6.11. The van der Waals surface area contributed by atoms with Gasteiger partial charge < -0.3 is 10.3 Å². The molecule has 4 rings (SSSR count). The van der Waals surface area contributed by atoms with Crippen LogP contribution in [0.3, 0.4) is 0 Å². The molecule has 7 heteroatoms. The number of hydrogen-bond donors (Lipinski definition) is 2. The molecule has 0 bridgehead atoms. The van der Waals surface area contributed by atoms with Gasteiger partial charge in [0.1, 0.15) is 10.6 Å². The lowest BCUT2D eigenvalue weighted by Crippen LogP contribution is -2.25. The summed E-state index contributed by atoms with van der Waals surface area (Å²) in [6.45, 7) is 0.278. The number of rotatable bonds is 5. The van der Waals surface area contributed by atoms with Crippen molar-refractivity contribution in [3.8, 4) is 0 Å². The van der Waals surface area contributed by atoms with E-state index in [-0.39, 0.29) is 22.0 Å². The second-order valence-corrected chi connectivity index (χ2v) is 8.83. The number of sulfone groups is 1. The summed E-state index contributed by atoms with van der Waals surface area (Å²) in [5, 5.41) is 3.55. The number of carbonyl (C=O) groups excluding carboxylic acids is 1. The number of carbonyl (C=O) groups is 1. The fourth-order valence-corrected chi connectivity index (χ4v) is 4.96. The van der Waals surface area contributed by atoms with E-state index in [4.69, 9.17) is 11.6 Å². The first-order valence-corrected chi connectivity index (χ1v) is 10.8. The number of aromatic nitrogens is 1. The van der Waals surface area contributed by atoms with E-state index in [1.54, 1.807) is 36.4 Å². The minimum absolute atomic E-state index is 0.0120. The summed E-state index contributed by atoms with van der Waals surface area (Å²) in [6.07, 6.45) is 0. The van der Waals surface area contributed by atoms with E-state index in [1.165, 1.54) is 12.1 Å². The van der Waals surface area contributed by atoms with Crippen LogP contribution in [0, 0.1) is 0 Å². The van der Waals surface area contributed by atoms with E-state index in [2.05, 4.69) is 10.3 Å². The zero-order valence-corrected chi connectivity index (χ0v) is 16.8. The van der Waals surface area contributed by atoms with Crippen molar-refractivity contribution in [3.63, 3.8) is 0 Å². The van der Waals surface area contributed by atoms with Crippen molar-refractivity contribution in [3.05, 3.63) is 95.1 Å². The summed E-state index contributed by atoms with van der Waals surface area (Å²) < 4.78 is 26.8. The van der Waals surface area contributed by atoms with Gasteiger partial charge in [0.25, 0.3) is 5.91 Å². The number of H-pyrrole nitrogens is 1. The minimum atomic E-state index is -3.95. The normalized spacial score (nSPS) is 11.5. The summed E-state index contributed by atoms with van der Waals surface area (Å²) in [4.78, 5) is 15.9.